The lowest BCUT2D eigenvalue weighted by atomic mass is 9.94. The standard InChI is InChI=1S/C52H33N6S/c1-4-12-33(13-5-1)34-20-22-35(23-21-34)40-30-45-47-46(59-52(45)54-31-40)32-53-48(55-47)39-26-24-36(25-27-39)41-28-29-44(43-19-11-10-18-42(41)43)51-57-49(37-14-6-2-7-15-37)56-50(58-51)38-16-8-3-9-17-38/h1-32,48H/q-1. The van der Waals surface area contributed by atoms with Gasteiger partial charge >= 0.3 is 0 Å². The van der Waals surface area contributed by atoms with E-state index in [9.17, 15) is 0 Å². The molecule has 0 amide bonds. The summed E-state index contributed by atoms with van der Waals surface area (Å²) in [6.07, 6.45) is 3.57. The maximum Gasteiger partial charge on any atom is 0.164 e. The van der Waals surface area contributed by atoms with E-state index in [2.05, 4.69) is 115 Å². The fourth-order valence-corrected chi connectivity index (χ4v) is 8.77. The molecule has 10 aromatic rings. The number of hydrogen-bond acceptors (Lipinski definition) is 6. The largest absolute Gasteiger partial charge is 0.658 e. The van der Waals surface area contributed by atoms with E-state index >= 15 is 0 Å². The first-order chi connectivity index (χ1) is 29.2. The summed E-state index contributed by atoms with van der Waals surface area (Å²) in [5, 5.41) is 8.45. The van der Waals surface area contributed by atoms with Crippen molar-refractivity contribution in [1.29, 1.82) is 0 Å². The van der Waals surface area contributed by atoms with Gasteiger partial charge in [-0.3, -0.25) is 0 Å². The van der Waals surface area contributed by atoms with Gasteiger partial charge in [0, 0.05) is 45.7 Å². The fourth-order valence-electron chi connectivity index (χ4n) is 7.82. The molecule has 11 rings (SSSR count). The minimum absolute atomic E-state index is 0.344. The van der Waals surface area contributed by atoms with Crippen LogP contribution >= 0.6 is 11.3 Å². The van der Waals surface area contributed by atoms with E-state index in [1.54, 1.807) is 11.3 Å². The van der Waals surface area contributed by atoms with Gasteiger partial charge in [0.1, 0.15) is 4.83 Å². The van der Waals surface area contributed by atoms with Crippen LogP contribution in [0.1, 0.15) is 16.6 Å². The minimum atomic E-state index is -0.344. The van der Waals surface area contributed by atoms with Gasteiger partial charge < -0.3 is 10.3 Å². The summed E-state index contributed by atoms with van der Waals surface area (Å²) in [6.45, 7) is 0. The second-order valence-electron chi connectivity index (χ2n) is 14.5. The lowest BCUT2D eigenvalue weighted by molar-refractivity contribution is 0.883. The zero-order valence-electron chi connectivity index (χ0n) is 31.6. The Kier molecular flexibility index (Phi) is 8.64. The molecule has 278 valence electrons. The van der Waals surface area contributed by atoms with E-state index in [4.69, 9.17) is 30.2 Å². The molecular formula is C52H33N6S-. The summed E-state index contributed by atoms with van der Waals surface area (Å²) in [5.74, 6) is 1.92. The predicted octanol–water partition coefficient (Wildman–Crippen LogP) is 13.8. The van der Waals surface area contributed by atoms with Crippen molar-refractivity contribution in [2.24, 2.45) is 4.99 Å². The number of nitrogens with zero attached hydrogens (tertiary/aromatic N) is 6. The van der Waals surface area contributed by atoms with Crippen LogP contribution in [0.3, 0.4) is 0 Å². The fraction of sp³-hybridized carbons (Fsp3) is 0.0192. The number of aromatic nitrogens is 4. The maximum absolute atomic E-state index is 5.20. The van der Waals surface area contributed by atoms with Gasteiger partial charge in [-0.1, -0.05) is 170 Å². The zero-order chi connectivity index (χ0) is 39.1. The highest BCUT2D eigenvalue weighted by Gasteiger charge is 2.17. The number of thiophene rings is 1. The molecule has 0 bridgehead atoms. The van der Waals surface area contributed by atoms with E-state index in [0.717, 1.165) is 76.1 Å². The van der Waals surface area contributed by atoms with Crippen LogP contribution in [0.2, 0.25) is 0 Å². The second-order valence-corrected chi connectivity index (χ2v) is 15.5. The normalized spacial score (nSPS) is 13.3. The molecule has 1 atom stereocenters. The molecule has 0 N–H and O–H groups in total. The van der Waals surface area contributed by atoms with Gasteiger partial charge in [-0.05, 0) is 61.7 Å². The first kappa shape index (κ1) is 34.6. The topological polar surface area (TPSA) is 78.0 Å². The van der Waals surface area contributed by atoms with Gasteiger partial charge in [0.15, 0.2) is 17.5 Å². The number of benzene rings is 7. The number of pyridine rings is 1. The van der Waals surface area contributed by atoms with Gasteiger partial charge in [0.25, 0.3) is 0 Å². The smallest absolute Gasteiger partial charge is 0.164 e. The number of aliphatic imine (C=N–C) groups is 1. The van der Waals surface area contributed by atoms with Crippen LogP contribution in [0, 0.1) is 0 Å². The molecule has 0 fully saturated rings. The number of fused-ring (bicyclic) bond motifs is 4. The molecule has 1 unspecified atom stereocenters. The third kappa shape index (κ3) is 6.53. The van der Waals surface area contributed by atoms with E-state index in [1.807, 2.05) is 79.1 Å². The lowest BCUT2D eigenvalue weighted by Crippen LogP contribution is -2.00. The highest BCUT2D eigenvalue weighted by molar-refractivity contribution is 7.21. The van der Waals surface area contributed by atoms with Crippen LogP contribution < -0.4 is 0 Å². The van der Waals surface area contributed by atoms with Crippen LogP contribution in [-0.2, 0) is 0 Å². The van der Waals surface area contributed by atoms with Crippen molar-refractivity contribution >= 4 is 44.2 Å². The van der Waals surface area contributed by atoms with E-state index in [0.29, 0.717) is 17.5 Å². The molecule has 0 saturated heterocycles. The first-order valence-electron chi connectivity index (χ1n) is 19.5. The molecule has 0 saturated carbocycles. The predicted molar refractivity (Wildman–Crippen MR) is 243 cm³/mol. The molecule has 1 aliphatic rings. The summed E-state index contributed by atoms with van der Waals surface area (Å²) in [7, 11) is 0. The van der Waals surface area contributed by atoms with Gasteiger partial charge in [0.2, 0.25) is 0 Å². The molecule has 1 aliphatic heterocycles. The highest BCUT2D eigenvalue weighted by Crippen LogP contribution is 2.47. The Hall–Kier alpha value is -7.61. The molecule has 0 radical (unpaired) electrons. The molecule has 59 heavy (non-hydrogen) atoms. The molecule has 0 aliphatic carbocycles. The Bertz CT molecular complexity index is 3110. The van der Waals surface area contributed by atoms with Crippen LogP contribution in [-0.4, -0.2) is 26.2 Å². The Labute approximate surface area is 345 Å². The molecule has 6 nitrogen and oxygen atoms in total. The third-order valence-corrected chi connectivity index (χ3v) is 11.9. The Balaban J connectivity index is 0.894. The van der Waals surface area contributed by atoms with Crippen LogP contribution in [0.15, 0.2) is 193 Å². The maximum atomic E-state index is 5.20. The summed E-state index contributed by atoms with van der Waals surface area (Å²) >= 11 is 1.63. The first-order valence-corrected chi connectivity index (χ1v) is 20.4. The van der Waals surface area contributed by atoms with E-state index < -0.39 is 0 Å². The molecule has 4 heterocycles. The molecule has 0 spiro atoms. The van der Waals surface area contributed by atoms with Crippen molar-refractivity contribution in [2.75, 3.05) is 0 Å². The minimum Gasteiger partial charge on any atom is -0.658 e. The summed E-state index contributed by atoms with van der Waals surface area (Å²) in [6, 6.07) is 62.9. The van der Waals surface area contributed by atoms with Gasteiger partial charge in [0.05, 0.1) is 0 Å². The number of rotatable bonds is 7. The summed E-state index contributed by atoms with van der Waals surface area (Å²) in [4.78, 5) is 26.7. The Morgan fingerprint density at radius 2 is 0.932 bits per heavy atom. The van der Waals surface area contributed by atoms with Crippen molar-refractivity contribution in [3.8, 4) is 67.5 Å². The Morgan fingerprint density at radius 1 is 0.424 bits per heavy atom. The SMILES string of the molecule is C1=NC(c2ccc(-c3ccc(-c4nc(-c5ccccc5)nc(-c5ccccc5)n4)c4ccccc34)cc2)[N-]c2c1sc1ncc(-c3ccc(-c4ccccc4)cc3)cc21. The molecule has 7 aromatic carbocycles. The third-order valence-electron chi connectivity index (χ3n) is 10.8. The molecule has 7 heteroatoms. The Morgan fingerprint density at radius 3 is 1.58 bits per heavy atom. The van der Waals surface area contributed by atoms with Crippen molar-refractivity contribution in [2.45, 2.75) is 6.17 Å². The number of hydrogen-bond donors (Lipinski definition) is 0. The molecule has 3 aromatic heterocycles. The summed E-state index contributed by atoms with van der Waals surface area (Å²) < 4.78 is 0. The van der Waals surface area contributed by atoms with Crippen molar-refractivity contribution in [3.05, 3.63) is 204 Å². The molecular weight excluding hydrogens is 741 g/mol. The van der Waals surface area contributed by atoms with Gasteiger partial charge in [-0.2, -0.15) is 0 Å². The van der Waals surface area contributed by atoms with Crippen molar-refractivity contribution in [3.63, 3.8) is 0 Å². The van der Waals surface area contributed by atoms with Crippen LogP contribution in [0.5, 0.6) is 0 Å². The highest BCUT2D eigenvalue weighted by atomic mass is 32.1. The van der Waals surface area contributed by atoms with E-state index in [1.165, 1.54) is 11.1 Å². The zero-order valence-corrected chi connectivity index (χ0v) is 32.5. The summed E-state index contributed by atoms with van der Waals surface area (Å²) in [5.41, 5.74) is 11.6. The van der Waals surface area contributed by atoms with Crippen LogP contribution in [0.25, 0.3) is 93.9 Å². The van der Waals surface area contributed by atoms with Crippen molar-refractivity contribution in [1.82, 2.24) is 19.9 Å². The van der Waals surface area contributed by atoms with Crippen LogP contribution in [0.4, 0.5) is 5.69 Å². The van der Waals surface area contributed by atoms with Gasteiger partial charge in [-0.25, -0.2) is 19.9 Å². The van der Waals surface area contributed by atoms with E-state index in [-0.39, 0.29) is 6.17 Å². The second kappa shape index (κ2) is 14.7. The quantitative estimate of drug-likeness (QED) is 0.162. The van der Waals surface area contributed by atoms with Gasteiger partial charge in [-0.15, -0.1) is 17.0 Å². The average molecular weight is 774 g/mol. The van der Waals surface area contributed by atoms with Crippen molar-refractivity contribution < 1.29 is 0 Å². The average Bonchev–Trinajstić information content (AvgIpc) is 3.69. The lowest BCUT2D eigenvalue weighted by Gasteiger charge is -2.33. The monoisotopic (exact) mass is 773 g/mol.